The minimum atomic E-state index is -1.02. The van der Waals surface area contributed by atoms with Gasteiger partial charge in [0.1, 0.15) is 12.1 Å². The topological polar surface area (TPSA) is 141 Å². The quantitative estimate of drug-likeness (QED) is 0.234. The number of hydrogen-bond donors (Lipinski definition) is 3. The number of aromatic nitrogens is 2. The zero-order valence-electron chi connectivity index (χ0n) is 26.0. The van der Waals surface area contributed by atoms with Crippen molar-refractivity contribution in [3.05, 3.63) is 66.1 Å². The van der Waals surface area contributed by atoms with Gasteiger partial charge in [0.15, 0.2) is 0 Å². The first kappa shape index (κ1) is 33.3. The van der Waals surface area contributed by atoms with E-state index in [1.807, 2.05) is 44.3 Å². The van der Waals surface area contributed by atoms with Gasteiger partial charge >= 0.3 is 0 Å². The molecule has 3 aromatic rings. The summed E-state index contributed by atoms with van der Waals surface area (Å²) in [6.07, 6.45) is 6.18. The molecule has 0 saturated carbocycles. The van der Waals surface area contributed by atoms with Crippen molar-refractivity contribution in [3.63, 3.8) is 0 Å². The van der Waals surface area contributed by atoms with Crippen molar-refractivity contribution in [3.8, 4) is 0 Å². The van der Waals surface area contributed by atoms with Crippen LogP contribution >= 0.6 is 0 Å². The Balaban J connectivity index is 1.91. The van der Waals surface area contributed by atoms with Crippen LogP contribution in [0.4, 0.5) is 0 Å². The van der Waals surface area contributed by atoms with Crippen molar-refractivity contribution in [2.75, 3.05) is 20.6 Å². The molecular formula is C33H46N6O4. The second kappa shape index (κ2) is 15.9. The Morgan fingerprint density at radius 1 is 1.02 bits per heavy atom. The highest BCUT2D eigenvalue weighted by Crippen LogP contribution is 2.24. The van der Waals surface area contributed by atoms with E-state index in [1.54, 1.807) is 43.4 Å². The van der Waals surface area contributed by atoms with Crippen molar-refractivity contribution in [1.82, 2.24) is 25.1 Å². The van der Waals surface area contributed by atoms with Gasteiger partial charge < -0.3 is 25.8 Å². The number of primary amides is 1. The number of nitrogens with two attached hydrogens (primary N) is 1. The molecule has 43 heavy (non-hydrogen) atoms. The van der Waals surface area contributed by atoms with Crippen molar-refractivity contribution in [2.45, 2.75) is 71.4 Å². The largest absolute Gasteiger partial charge is 0.368 e. The molecular weight excluding hydrogens is 544 g/mol. The van der Waals surface area contributed by atoms with Crippen LogP contribution in [-0.4, -0.2) is 76.1 Å². The predicted octanol–water partition coefficient (Wildman–Crippen LogP) is 3.46. The second-order valence-corrected chi connectivity index (χ2v) is 11.7. The normalized spacial score (nSPS) is 13.3. The fourth-order valence-electron chi connectivity index (χ4n) is 5.30. The lowest BCUT2D eigenvalue weighted by Gasteiger charge is -2.32. The molecule has 232 valence electrons. The number of carbonyl (C=O) groups is 4. The molecule has 0 radical (unpaired) electrons. The number of rotatable bonds is 16. The molecule has 2 heterocycles. The Hall–Kier alpha value is -4.21. The molecule has 2 aromatic heterocycles. The third-order valence-electron chi connectivity index (χ3n) is 7.80. The van der Waals surface area contributed by atoms with Gasteiger partial charge in [-0.3, -0.25) is 24.2 Å². The molecule has 1 aromatic carbocycles. The standard InChI is InChI=1S/C33H46N6O4/c1-6-7-16-38(4)30(40)19-23(17-22(2)3)33(43)39(5)29(18-24-21-36-27-14-9-8-13-26(24)27)32(42)37-28(31(34)41)20-25-12-10-11-15-35-25/h8-15,21-23,28-29,36H,6-7,16-20H2,1-5H3,(H2,34,41)(H,37,42). The van der Waals surface area contributed by atoms with Crippen LogP contribution in [-0.2, 0) is 32.0 Å². The lowest BCUT2D eigenvalue weighted by Crippen LogP contribution is -2.55. The number of H-pyrrole nitrogens is 1. The van der Waals surface area contributed by atoms with Crippen LogP contribution in [0.15, 0.2) is 54.9 Å². The molecule has 4 amide bonds. The molecule has 0 spiro atoms. The molecule has 10 nitrogen and oxygen atoms in total. The number of carbonyl (C=O) groups excluding carboxylic acids is 4. The Labute approximate surface area is 254 Å². The van der Waals surface area contributed by atoms with Gasteiger partial charge in [-0.05, 0) is 42.5 Å². The third kappa shape index (κ3) is 9.39. The Morgan fingerprint density at radius 2 is 1.74 bits per heavy atom. The van der Waals surface area contributed by atoms with Gasteiger partial charge in [0.2, 0.25) is 23.6 Å². The minimum Gasteiger partial charge on any atom is -0.368 e. The molecule has 4 N–H and O–H groups in total. The van der Waals surface area contributed by atoms with Crippen LogP contribution in [0.25, 0.3) is 10.9 Å². The summed E-state index contributed by atoms with van der Waals surface area (Å²) in [4.78, 5) is 64.1. The van der Waals surface area contributed by atoms with Crippen LogP contribution in [0.3, 0.4) is 0 Å². The van der Waals surface area contributed by atoms with Crippen molar-refractivity contribution in [1.29, 1.82) is 0 Å². The summed E-state index contributed by atoms with van der Waals surface area (Å²) in [5.41, 5.74) is 8.06. The Kier molecular flexibility index (Phi) is 12.3. The van der Waals surface area contributed by atoms with Crippen LogP contribution < -0.4 is 11.1 Å². The fourth-order valence-corrected chi connectivity index (χ4v) is 5.30. The van der Waals surface area contributed by atoms with E-state index in [9.17, 15) is 19.2 Å². The maximum atomic E-state index is 14.1. The first-order valence-corrected chi connectivity index (χ1v) is 15.1. The number of unbranched alkanes of at least 4 members (excludes halogenated alkanes) is 1. The molecule has 10 heteroatoms. The van der Waals surface area contributed by atoms with E-state index in [0.29, 0.717) is 18.7 Å². The summed E-state index contributed by atoms with van der Waals surface area (Å²) >= 11 is 0. The van der Waals surface area contributed by atoms with E-state index in [-0.39, 0.29) is 37.0 Å². The molecule has 0 aliphatic heterocycles. The van der Waals surface area contributed by atoms with Gasteiger partial charge in [0.25, 0.3) is 0 Å². The molecule has 0 aliphatic carbocycles. The van der Waals surface area contributed by atoms with Crippen LogP contribution in [0.2, 0.25) is 0 Å². The molecule has 0 fully saturated rings. The maximum absolute atomic E-state index is 14.1. The fraction of sp³-hybridized carbons (Fsp3) is 0.485. The Morgan fingerprint density at radius 3 is 2.40 bits per heavy atom. The maximum Gasteiger partial charge on any atom is 0.243 e. The van der Waals surface area contributed by atoms with Crippen LogP contribution in [0.1, 0.15) is 57.7 Å². The van der Waals surface area contributed by atoms with E-state index in [0.717, 1.165) is 29.3 Å². The van der Waals surface area contributed by atoms with Gasteiger partial charge in [0, 0.05) is 74.8 Å². The number of aromatic amines is 1. The number of para-hydroxylation sites is 1. The number of fused-ring (bicyclic) bond motifs is 1. The summed E-state index contributed by atoms with van der Waals surface area (Å²) < 4.78 is 0. The summed E-state index contributed by atoms with van der Waals surface area (Å²) in [6.45, 7) is 6.72. The number of hydrogen-bond acceptors (Lipinski definition) is 5. The summed E-state index contributed by atoms with van der Waals surface area (Å²) in [5.74, 6) is -2.02. The van der Waals surface area contributed by atoms with E-state index in [2.05, 4.69) is 22.2 Å². The average Bonchev–Trinajstić information content (AvgIpc) is 3.40. The smallest absolute Gasteiger partial charge is 0.243 e. The summed E-state index contributed by atoms with van der Waals surface area (Å²) in [5, 5.41) is 3.73. The first-order chi connectivity index (χ1) is 20.5. The van der Waals surface area contributed by atoms with E-state index >= 15 is 0 Å². The zero-order chi connectivity index (χ0) is 31.5. The number of pyridine rings is 1. The van der Waals surface area contributed by atoms with Gasteiger partial charge in [-0.1, -0.05) is 51.5 Å². The average molecular weight is 591 g/mol. The summed E-state index contributed by atoms with van der Waals surface area (Å²) in [6, 6.07) is 11.1. The van der Waals surface area contributed by atoms with E-state index in [1.165, 1.54) is 4.90 Å². The molecule has 3 atom stereocenters. The van der Waals surface area contributed by atoms with E-state index in [4.69, 9.17) is 5.73 Å². The molecule has 0 saturated heterocycles. The van der Waals surface area contributed by atoms with Crippen molar-refractivity contribution >= 4 is 34.5 Å². The number of amides is 4. The highest BCUT2D eigenvalue weighted by molar-refractivity contribution is 5.94. The van der Waals surface area contributed by atoms with Crippen molar-refractivity contribution < 1.29 is 19.2 Å². The highest BCUT2D eigenvalue weighted by atomic mass is 16.2. The molecule has 3 unspecified atom stereocenters. The number of nitrogens with one attached hydrogen (secondary N) is 2. The number of nitrogens with zero attached hydrogens (tertiary/aromatic N) is 3. The van der Waals surface area contributed by atoms with E-state index < -0.39 is 29.8 Å². The summed E-state index contributed by atoms with van der Waals surface area (Å²) in [7, 11) is 3.36. The monoisotopic (exact) mass is 590 g/mol. The third-order valence-corrected chi connectivity index (χ3v) is 7.80. The van der Waals surface area contributed by atoms with Gasteiger partial charge in [-0.15, -0.1) is 0 Å². The molecule has 0 aliphatic rings. The van der Waals surface area contributed by atoms with Gasteiger partial charge in [-0.2, -0.15) is 0 Å². The van der Waals surface area contributed by atoms with Gasteiger partial charge in [0.05, 0.1) is 0 Å². The minimum absolute atomic E-state index is 0.0621. The zero-order valence-corrected chi connectivity index (χ0v) is 26.0. The SMILES string of the molecule is CCCCN(C)C(=O)CC(CC(C)C)C(=O)N(C)C(Cc1c[nH]c2ccccc12)C(=O)NC(Cc1ccccn1)C(N)=O. The van der Waals surface area contributed by atoms with Gasteiger partial charge in [-0.25, -0.2) is 0 Å². The predicted molar refractivity (Wildman–Crippen MR) is 168 cm³/mol. The van der Waals surface area contributed by atoms with Crippen LogP contribution in [0, 0.1) is 11.8 Å². The number of benzene rings is 1. The highest BCUT2D eigenvalue weighted by Gasteiger charge is 2.35. The number of likely N-dealkylation sites (N-methyl/N-ethyl adjacent to an activating group) is 1. The van der Waals surface area contributed by atoms with Crippen molar-refractivity contribution in [2.24, 2.45) is 17.6 Å². The first-order valence-electron chi connectivity index (χ1n) is 15.1. The Bertz CT molecular complexity index is 1370. The lowest BCUT2D eigenvalue weighted by molar-refractivity contribution is -0.145. The second-order valence-electron chi connectivity index (χ2n) is 11.7. The molecule has 0 bridgehead atoms. The lowest BCUT2D eigenvalue weighted by atomic mass is 9.91. The molecule has 3 rings (SSSR count). The van der Waals surface area contributed by atoms with Crippen LogP contribution in [0.5, 0.6) is 0 Å².